The number of methoxy groups -OCH3 is 3. The molecular formula is C17H21NO3. The first kappa shape index (κ1) is 15.0. The number of nitrogens with one attached hydrogen (secondary N) is 1. The van der Waals surface area contributed by atoms with Crippen LogP contribution < -0.4 is 19.5 Å². The quantitative estimate of drug-likeness (QED) is 0.847. The standard InChI is InChI=1S/C17H21NO3/c1-19-15-11-13(12-16(20-2)17(15)21-3)9-10-18-14-7-5-4-6-8-14/h4-8,11-12,18H,9-10H2,1-3H3. The molecule has 0 aliphatic rings. The summed E-state index contributed by atoms with van der Waals surface area (Å²) in [5.41, 5.74) is 2.25. The number of hydrogen-bond donors (Lipinski definition) is 1. The second kappa shape index (κ2) is 7.43. The van der Waals surface area contributed by atoms with Gasteiger partial charge in [0.15, 0.2) is 11.5 Å². The zero-order valence-electron chi connectivity index (χ0n) is 12.7. The third-order valence-electron chi connectivity index (χ3n) is 3.24. The van der Waals surface area contributed by atoms with E-state index in [9.17, 15) is 0 Å². The normalized spacial score (nSPS) is 10.0. The van der Waals surface area contributed by atoms with Gasteiger partial charge < -0.3 is 19.5 Å². The van der Waals surface area contributed by atoms with Crippen LogP contribution in [-0.2, 0) is 6.42 Å². The van der Waals surface area contributed by atoms with Gasteiger partial charge in [-0.05, 0) is 36.2 Å². The predicted octanol–water partition coefficient (Wildman–Crippen LogP) is 3.37. The Labute approximate surface area is 125 Å². The van der Waals surface area contributed by atoms with Crippen LogP contribution in [-0.4, -0.2) is 27.9 Å². The minimum atomic E-state index is 0.625. The van der Waals surface area contributed by atoms with Crippen LogP contribution in [0, 0.1) is 0 Å². The van der Waals surface area contributed by atoms with E-state index >= 15 is 0 Å². The zero-order chi connectivity index (χ0) is 15.1. The Morgan fingerprint density at radius 3 is 2.00 bits per heavy atom. The minimum absolute atomic E-state index is 0.625. The highest BCUT2D eigenvalue weighted by Crippen LogP contribution is 2.38. The van der Waals surface area contributed by atoms with Gasteiger partial charge in [0.2, 0.25) is 5.75 Å². The van der Waals surface area contributed by atoms with Gasteiger partial charge in [0.1, 0.15) is 0 Å². The first-order valence-electron chi connectivity index (χ1n) is 6.86. The summed E-state index contributed by atoms with van der Waals surface area (Å²) < 4.78 is 16.0. The molecule has 2 aromatic carbocycles. The Morgan fingerprint density at radius 2 is 1.48 bits per heavy atom. The molecule has 4 nitrogen and oxygen atoms in total. The molecule has 0 atom stereocenters. The topological polar surface area (TPSA) is 39.7 Å². The molecule has 0 bridgehead atoms. The third-order valence-corrected chi connectivity index (χ3v) is 3.24. The predicted molar refractivity (Wildman–Crippen MR) is 84.7 cm³/mol. The Kier molecular flexibility index (Phi) is 5.32. The summed E-state index contributed by atoms with van der Waals surface area (Å²) in [6, 6.07) is 14.1. The highest BCUT2D eigenvalue weighted by Gasteiger charge is 2.12. The van der Waals surface area contributed by atoms with Gasteiger partial charge in [0.25, 0.3) is 0 Å². The van der Waals surface area contributed by atoms with Gasteiger partial charge in [-0.25, -0.2) is 0 Å². The Hall–Kier alpha value is -2.36. The monoisotopic (exact) mass is 287 g/mol. The highest BCUT2D eigenvalue weighted by atomic mass is 16.5. The maximum absolute atomic E-state index is 5.36. The van der Waals surface area contributed by atoms with E-state index in [1.165, 1.54) is 0 Å². The van der Waals surface area contributed by atoms with Gasteiger partial charge in [-0.15, -0.1) is 0 Å². The van der Waals surface area contributed by atoms with Gasteiger partial charge in [-0.1, -0.05) is 18.2 Å². The summed E-state index contributed by atoms with van der Waals surface area (Å²) in [6.07, 6.45) is 0.867. The van der Waals surface area contributed by atoms with Crippen LogP contribution in [0.2, 0.25) is 0 Å². The summed E-state index contributed by atoms with van der Waals surface area (Å²) in [5, 5.41) is 3.38. The molecule has 0 fully saturated rings. The highest BCUT2D eigenvalue weighted by molar-refractivity contribution is 5.54. The number of para-hydroxylation sites is 1. The van der Waals surface area contributed by atoms with Crippen molar-refractivity contribution >= 4 is 5.69 Å². The Morgan fingerprint density at radius 1 is 0.857 bits per heavy atom. The molecule has 0 heterocycles. The minimum Gasteiger partial charge on any atom is -0.493 e. The molecule has 4 heteroatoms. The average molecular weight is 287 g/mol. The first-order valence-corrected chi connectivity index (χ1v) is 6.86. The Balaban J connectivity index is 2.06. The lowest BCUT2D eigenvalue weighted by molar-refractivity contribution is 0.324. The van der Waals surface area contributed by atoms with Crippen molar-refractivity contribution in [1.29, 1.82) is 0 Å². The molecule has 21 heavy (non-hydrogen) atoms. The summed E-state index contributed by atoms with van der Waals surface area (Å²) in [4.78, 5) is 0. The average Bonchev–Trinajstić information content (AvgIpc) is 2.54. The molecule has 2 aromatic rings. The van der Waals surface area contributed by atoms with Crippen LogP contribution in [0.4, 0.5) is 5.69 Å². The van der Waals surface area contributed by atoms with Crippen molar-refractivity contribution in [2.45, 2.75) is 6.42 Å². The van der Waals surface area contributed by atoms with Crippen molar-refractivity contribution in [1.82, 2.24) is 0 Å². The molecule has 0 saturated heterocycles. The van der Waals surface area contributed by atoms with E-state index in [-0.39, 0.29) is 0 Å². The zero-order valence-corrected chi connectivity index (χ0v) is 12.7. The number of benzene rings is 2. The lowest BCUT2D eigenvalue weighted by Gasteiger charge is -2.14. The smallest absolute Gasteiger partial charge is 0.203 e. The van der Waals surface area contributed by atoms with E-state index in [2.05, 4.69) is 17.4 Å². The fourth-order valence-electron chi connectivity index (χ4n) is 2.19. The molecule has 112 valence electrons. The molecule has 0 aliphatic heterocycles. The Bertz CT molecular complexity index is 544. The van der Waals surface area contributed by atoms with Crippen molar-refractivity contribution in [3.05, 3.63) is 48.0 Å². The van der Waals surface area contributed by atoms with Crippen LogP contribution in [0.3, 0.4) is 0 Å². The van der Waals surface area contributed by atoms with Crippen LogP contribution in [0.5, 0.6) is 17.2 Å². The molecule has 0 aromatic heterocycles. The van der Waals surface area contributed by atoms with E-state index in [0.29, 0.717) is 17.2 Å². The molecule has 0 saturated carbocycles. The van der Waals surface area contributed by atoms with Gasteiger partial charge in [0.05, 0.1) is 21.3 Å². The molecule has 2 rings (SSSR count). The molecule has 0 radical (unpaired) electrons. The van der Waals surface area contributed by atoms with Crippen molar-refractivity contribution in [3.63, 3.8) is 0 Å². The van der Waals surface area contributed by atoms with Crippen LogP contribution in [0.1, 0.15) is 5.56 Å². The summed E-state index contributed by atoms with van der Waals surface area (Å²) in [7, 11) is 4.86. The largest absolute Gasteiger partial charge is 0.493 e. The van der Waals surface area contributed by atoms with Crippen LogP contribution >= 0.6 is 0 Å². The lowest BCUT2D eigenvalue weighted by atomic mass is 10.1. The van der Waals surface area contributed by atoms with Gasteiger partial charge >= 0.3 is 0 Å². The van der Waals surface area contributed by atoms with E-state index in [4.69, 9.17) is 14.2 Å². The van der Waals surface area contributed by atoms with E-state index in [1.807, 2.05) is 30.3 Å². The van der Waals surface area contributed by atoms with Gasteiger partial charge in [-0.2, -0.15) is 0 Å². The first-order chi connectivity index (χ1) is 10.3. The second-order valence-electron chi connectivity index (χ2n) is 4.58. The van der Waals surface area contributed by atoms with Crippen molar-refractivity contribution in [2.24, 2.45) is 0 Å². The fraction of sp³-hybridized carbons (Fsp3) is 0.294. The summed E-state index contributed by atoms with van der Waals surface area (Å²) >= 11 is 0. The molecular weight excluding hydrogens is 266 g/mol. The number of hydrogen-bond acceptors (Lipinski definition) is 4. The van der Waals surface area contributed by atoms with E-state index < -0.39 is 0 Å². The van der Waals surface area contributed by atoms with Crippen LogP contribution in [0.15, 0.2) is 42.5 Å². The number of ether oxygens (including phenoxy) is 3. The number of rotatable bonds is 7. The lowest BCUT2D eigenvalue weighted by Crippen LogP contribution is -2.05. The van der Waals surface area contributed by atoms with E-state index in [1.54, 1.807) is 21.3 Å². The molecule has 0 amide bonds. The molecule has 0 spiro atoms. The fourth-order valence-corrected chi connectivity index (χ4v) is 2.19. The van der Waals surface area contributed by atoms with E-state index in [0.717, 1.165) is 24.2 Å². The van der Waals surface area contributed by atoms with Crippen molar-refractivity contribution in [3.8, 4) is 17.2 Å². The summed E-state index contributed by atoms with van der Waals surface area (Å²) in [5.74, 6) is 2.00. The van der Waals surface area contributed by atoms with Gasteiger partial charge in [0, 0.05) is 12.2 Å². The number of anilines is 1. The maximum Gasteiger partial charge on any atom is 0.203 e. The molecule has 1 N–H and O–H groups in total. The SMILES string of the molecule is COc1cc(CCNc2ccccc2)cc(OC)c1OC. The summed E-state index contributed by atoms with van der Waals surface area (Å²) in [6.45, 7) is 0.836. The van der Waals surface area contributed by atoms with Crippen molar-refractivity contribution < 1.29 is 14.2 Å². The molecule has 0 unspecified atom stereocenters. The van der Waals surface area contributed by atoms with Gasteiger partial charge in [-0.3, -0.25) is 0 Å². The third kappa shape index (κ3) is 3.81. The maximum atomic E-state index is 5.36. The second-order valence-corrected chi connectivity index (χ2v) is 4.58. The van der Waals surface area contributed by atoms with Crippen LogP contribution in [0.25, 0.3) is 0 Å². The van der Waals surface area contributed by atoms with Crippen molar-refractivity contribution in [2.75, 3.05) is 33.2 Å². The molecule has 0 aliphatic carbocycles.